The fraction of sp³-hybridized carbons (Fsp3) is 0.615. The van der Waals surface area contributed by atoms with Gasteiger partial charge in [0.1, 0.15) is 11.9 Å². The van der Waals surface area contributed by atoms with Gasteiger partial charge in [-0.2, -0.15) is 4.98 Å². The topological polar surface area (TPSA) is 69.2 Å². The van der Waals surface area contributed by atoms with Crippen LogP contribution < -0.4 is 0 Å². The Hall–Kier alpha value is -1.73. The summed E-state index contributed by atoms with van der Waals surface area (Å²) in [5, 5.41) is 3.89. The second-order valence-corrected chi connectivity index (χ2v) is 5.13. The first-order chi connectivity index (χ1) is 9.65. The Kier molecular flexibility index (Phi) is 3.54. The van der Waals surface area contributed by atoms with E-state index in [1.807, 2.05) is 37.9 Å². The predicted octanol–water partition coefficient (Wildman–Crippen LogP) is 1.07. The van der Waals surface area contributed by atoms with Crippen molar-refractivity contribution < 1.29 is 9.26 Å². The Morgan fingerprint density at radius 1 is 1.45 bits per heavy atom. The van der Waals surface area contributed by atoms with Crippen LogP contribution in [0, 0.1) is 6.92 Å². The molecule has 1 aliphatic heterocycles. The molecule has 1 fully saturated rings. The van der Waals surface area contributed by atoms with Crippen LogP contribution in [-0.4, -0.2) is 43.8 Å². The van der Waals surface area contributed by atoms with Crippen LogP contribution in [-0.2, 0) is 18.3 Å². The van der Waals surface area contributed by atoms with Crippen molar-refractivity contribution in [3.63, 3.8) is 0 Å². The number of rotatable bonds is 3. The highest BCUT2D eigenvalue weighted by molar-refractivity contribution is 5.00. The molecule has 0 aliphatic carbocycles. The molecule has 0 aromatic carbocycles. The van der Waals surface area contributed by atoms with Crippen LogP contribution in [0.4, 0.5) is 0 Å². The van der Waals surface area contributed by atoms with Crippen LogP contribution in [0.1, 0.15) is 30.5 Å². The average Bonchev–Trinajstić information content (AvgIpc) is 3.00. The standard InChI is InChI=1S/C13H19N5O2/c1-9-12(13-15-10(2)16-20-13)18(6-7-19-9)8-11-14-4-5-17(11)3/h4-5,9,12H,6-8H2,1-3H3/t9-,12+/m1/s1. The van der Waals surface area contributed by atoms with Crippen molar-refractivity contribution in [2.45, 2.75) is 32.5 Å². The van der Waals surface area contributed by atoms with Crippen molar-refractivity contribution in [3.8, 4) is 0 Å². The molecule has 7 heteroatoms. The molecule has 20 heavy (non-hydrogen) atoms. The lowest BCUT2D eigenvalue weighted by Crippen LogP contribution is -2.44. The van der Waals surface area contributed by atoms with E-state index in [0.717, 1.165) is 18.9 Å². The normalized spacial score (nSPS) is 24.1. The maximum atomic E-state index is 5.74. The molecule has 2 aromatic rings. The molecule has 0 spiro atoms. The zero-order valence-electron chi connectivity index (χ0n) is 12.0. The number of morpholine rings is 1. The van der Waals surface area contributed by atoms with Crippen molar-refractivity contribution >= 4 is 0 Å². The number of imidazole rings is 1. The molecule has 108 valence electrons. The molecule has 0 bridgehead atoms. The summed E-state index contributed by atoms with van der Waals surface area (Å²) in [5.74, 6) is 2.28. The van der Waals surface area contributed by atoms with Crippen molar-refractivity contribution in [1.29, 1.82) is 0 Å². The second kappa shape index (κ2) is 5.34. The van der Waals surface area contributed by atoms with E-state index >= 15 is 0 Å². The number of aromatic nitrogens is 4. The summed E-state index contributed by atoms with van der Waals surface area (Å²) in [4.78, 5) is 11.0. The molecule has 1 aliphatic rings. The molecule has 3 heterocycles. The lowest BCUT2D eigenvalue weighted by Gasteiger charge is -2.37. The summed E-state index contributed by atoms with van der Waals surface area (Å²) in [7, 11) is 2.00. The number of hydrogen-bond donors (Lipinski definition) is 0. The second-order valence-electron chi connectivity index (χ2n) is 5.13. The Morgan fingerprint density at radius 3 is 2.95 bits per heavy atom. The smallest absolute Gasteiger partial charge is 0.246 e. The summed E-state index contributed by atoms with van der Waals surface area (Å²) in [6, 6.07) is -0.0263. The van der Waals surface area contributed by atoms with Gasteiger partial charge in [0.2, 0.25) is 5.89 Å². The molecule has 0 saturated carbocycles. The number of hydrogen-bond acceptors (Lipinski definition) is 6. The van der Waals surface area contributed by atoms with Crippen LogP contribution in [0.15, 0.2) is 16.9 Å². The average molecular weight is 277 g/mol. The summed E-state index contributed by atoms with van der Waals surface area (Å²) in [6.45, 7) is 6.13. The fourth-order valence-corrected chi connectivity index (χ4v) is 2.58. The minimum atomic E-state index is -0.0263. The van der Waals surface area contributed by atoms with E-state index in [-0.39, 0.29) is 12.1 Å². The molecule has 2 aromatic heterocycles. The van der Waals surface area contributed by atoms with Gasteiger partial charge in [-0.25, -0.2) is 4.98 Å². The van der Waals surface area contributed by atoms with Gasteiger partial charge in [0.05, 0.1) is 19.3 Å². The van der Waals surface area contributed by atoms with Crippen molar-refractivity contribution in [1.82, 2.24) is 24.6 Å². The highest BCUT2D eigenvalue weighted by Crippen LogP contribution is 2.29. The van der Waals surface area contributed by atoms with E-state index in [2.05, 4.69) is 20.0 Å². The van der Waals surface area contributed by atoms with Gasteiger partial charge in [0.15, 0.2) is 5.82 Å². The SMILES string of the molecule is Cc1noc([C@@H]2[C@@H](C)OCCN2Cc2nccn2C)n1. The van der Waals surface area contributed by atoms with Crippen LogP contribution in [0.25, 0.3) is 0 Å². The lowest BCUT2D eigenvalue weighted by atomic mass is 10.1. The molecular formula is C13H19N5O2. The quantitative estimate of drug-likeness (QED) is 0.836. The number of ether oxygens (including phenoxy) is 1. The predicted molar refractivity (Wildman–Crippen MR) is 70.8 cm³/mol. The minimum Gasteiger partial charge on any atom is -0.375 e. The van der Waals surface area contributed by atoms with Crippen LogP contribution in [0.5, 0.6) is 0 Å². The zero-order chi connectivity index (χ0) is 14.1. The maximum absolute atomic E-state index is 5.74. The van der Waals surface area contributed by atoms with Crippen LogP contribution in [0.2, 0.25) is 0 Å². The molecule has 3 rings (SSSR count). The Labute approximate surface area is 117 Å². The minimum absolute atomic E-state index is 0.0175. The van der Waals surface area contributed by atoms with Gasteiger partial charge in [-0.05, 0) is 13.8 Å². The fourth-order valence-electron chi connectivity index (χ4n) is 2.58. The Balaban J connectivity index is 1.85. The molecule has 0 unspecified atom stereocenters. The molecule has 2 atom stereocenters. The lowest BCUT2D eigenvalue weighted by molar-refractivity contribution is -0.0773. The monoisotopic (exact) mass is 277 g/mol. The molecule has 1 saturated heterocycles. The highest BCUT2D eigenvalue weighted by Gasteiger charge is 2.35. The molecular weight excluding hydrogens is 258 g/mol. The van der Waals surface area contributed by atoms with Gasteiger partial charge in [-0.3, -0.25) is 4.90 Å². The molecule has 7 nitrogen and oxygen atoms in total. The largest absolute Gasteiger partial charge is 0.375 e. The van der Waals surface area contributed by atoms with E-state index < -0.39 is 0 Å². The number of aryl methyl sites for hydroxylation is 2. The van der Waals surface area contributed by atoms with Gasteiger partial charge in [0.25, 0.3) is 0 Å². The first-order valence-corrected chi connectivity index (χ1v) is 6.77. The van der Waals surface area contributed by atoms with Gasteiger partial charge in [0, 0.05) is 26.0 Å². The third kappa shape index (κ3) is 2.46. The van der Waals surface area contributed by atoms with Gasteiger partial charge in [-0.15, -0.1) is 0 Å². The summed E-state index contributed by atoms with van der Waals surface area (Å²) in [6.07, 6.45) is 3.78. The van der Waals surface area contributed by atoms with Crippen LogP contribution >= 0.6 is 0 Å². The van der Waals surface area contributed by atoms with Gasteiger partial charge < -0.3 is 13.8 Å². The van der Waals surface area contributed by atoms with Crippen molar-refractivity contribution in [2.24, 2.45) is 7.05 Å². The van der Waals surface area contributed by atoms with E-state index in [4.69, 9.17) is 9.26 Å². The van der Waals surface area contributed by atoms with Crippen LogP contribution in [0.3, 0.4) is 0 Å². The van der Waals surface area contributed by atoms with Crippen molar-refractivity contribution in [2.75, 3.05) is 13.2 Å². The highest BCUT2D eigenvalue weighted by atomic mass is 16.5. The Bertz CT molecular complexity index is 579. The first-order valence-electron chi connectivity index (χ1n) is 6.77. The van der Waals surface area contributed by atoms with E-state index in [1.165, 1.54) is 0 Å². The van der Waals surface area contributed by atoms with Crippen molar-refractivity contribution in [3.05, 3.63) is 29.9 Å². The summed E-state index contributed by atoms with van der Waals surface area (Å²) >= 11 is 0. The van der Waals surface area contributed by atoms with Gasteiger partial charge >= 0.3 is 0 Å². The summed E-state index contributed by atoms with van der Waals surface area (Å²) in [5.41, 5.74) is 0. The molecule has 0 amide bonds. The third-order valence-corrected chi connectivity index (χ3v) is 3.66. The number of nitrogens with zero attached hydrogens (tertiary/aromatic N) is 5. The summed E-state index contributed by atoms with van der Waals surface area (Å²) < 4.78 is 13.1. The Morgan fingerprint density at radius 2 is 2.30 bits per heavy atom. The van der Waals surface area contributed by atoms with E-state index in [0.29, 0.717) is 18.3 Å². The first kappa shape index (κ1) is 13.3. The maximum Gasteiger partial charge on any atom is 0.246 e. The van der Waals surface area contributed by atoms with E-state index in [1.54, 1.807) is 0 Å². The third-order valence-electron chi connectivity index (χ3n) is 3.66. The molecule has 0 N–H and O–H groups in total. The van der Waals surface area contributed by atoms with E-state index in [9.17, 15) is 0 Å². The zero-order valence-corrected chi connectivity index (χ0v) is 12.0. The van der Waals surface area contributed by atoms with Gasteiger partial charge in [-0.1, -0.05) is 5.16 Å². The molecule has 0 radical (unpaired) electrons.